The van der Waals surface area contributed by atoms with E-state index in [1.54, 1.807) is 0 Å². The first-order valence-corrected chi connectivity index (χ1v) is 8.19. The summed E-state index contributed by atoms with van der Waals surface area (Å²) < 4.78 is 5.60. The van der Waals surface area contributed by atoms with Crippen LogP contribution >= 0.6 is 0 Å². The normalized spacial score (nSPS) is 27.2. The van der Waals surface area contributed by atoms with Crippen molar-refractivity contribution in [1.82, 2.24) is 10.2 Å². The van der Waals surface area contributed by atoms with Gasteiger partial charge in [-0.1, -0.05) is 44.2 Å². The summed E-state index contributed by atoms with van der Waals surface area (Å²) >= 11 is 0. The average molecular weight is 290 g/mol. The molecule has 1 aliphatic heterocycles. The zero-order valence-corrected chi connectivity index (χ0v) is 13.9. The van der Waals surface area contributed by atoms with Crippen LogP contribution in [-0.2, 0) is 10.3 Å². The Labute approximate surface area is 129 Å². The van der Waals surface area contributed by atoms with Gasteiger partial charge in [-0.2, -0.15) is 0 Å². The Bertz CT molecular complexity index is 420. The van der Waals surface area contributed by atoms with Crippen molar-refractivity contribution in [2.75, 3.05) is 32.8 Å². The predicted octanol–water partition coefficient (Wildman–Crippen LogP) is 2.87. The Hall–Kier alpha value is -0.900. The Morgan fingerprint density at radius 1 is 1.33 bits per heavy atom. The van der Waals surface area contributed by atoms with Crippen molar-refractivity contribution >= 4 is 0 Å². The highest BCUT2D eigenvalue weighted by atomic mass is 16.5. The first kappa shape index (κ1) is 16.5. The second-order valence-corrected chi connectivity index (χ2v) is 6.51. The first-order valence-electron chi connectivity index (χ1n) is 8.19. The lowest BCUT2D eigenvalue weighted by molar-refractivity contribution is 0.0118. The average Bonchev–Trinajstić information content (AvgIpc) is 2.50. The lowest BCUT2D eigenvalue weighted by Crippen LogP contribution is -2.63. The molecule has 3 nitrogen and oxygen atoms in total. The number of nitrogens with one attached hydrogen (secondary N) is 1. The van der Waals surface area contributed by atoms with E-state index in [-0.39, 0.29) is 5.54 Å². The smallest absolute Gasteiger partial charge is 0.0593 e. The molecule has 0 amide bonds. The fourth-order valence-electron chi connectivity index (χ4n) is 3.13. The number of rotatable bonds is 6. The fraction of sp³-hybridized carbons (Fsp3) is 0.667. The largest absolute Gasteiger partial charge is 0.380 e. The number of piperazine rings is 1. The molecule has 0 saturated carbocycles. The Morgan fingerprint density at radius 3 is 2.67 bits per heavy atom. The number of benzene rings is 1. The zero-order valence-electron chi connectivity index (χ0n) is 13.9. The van der Waals surface area contributed by atoms with E-state index in [2.05, 4.69) is 68.2 Å². The minimum absolute atomic E-state index is 0.0454. The van der Waals surface area contributed by atoms with E-state index in [1.807, 2.05) is 0 Å². The van der Waals surface area contributed by atoms with Gasteiger partial charge >= 0.3 is 0 Å². The monoisotopic (exact) mass is 290 g/mol. The van der Waals surface area contributed by atoms with E-state index < -0.39 is 0 Å². The van der Waals surface area contributed by atoms with E-state index >= 15 is 0 Å². The summed E-state index contributed by atoms with van der Waals surface area (Å²) in [6.07, 6.45) is 0. The third-order valence-corrected chi connectivity index (χ3v) is 4.73. The van der Waals surface area contributed by atoms with Crippen LogP contribution in [0.15, 0.2) is 30.3 Å². The summed E-state index contributed by atoms with van der Waals surface area (Å²) in [6.45, 7) is 13.7. The van der Waals surface area contributed by atoms with E-state index in [4.69, 9.17) is 4.74 Å². The topological polar surface area (TPSA) is 24.5 Å². The van der Waals surface area contributed by atoms with Crippen molar-refractivity contribution in [2.45, 2.75) is 39.3 Å². The van der Waals surface area contributed by atoms with E-state index in [0.717, 1.165) is 32.8 Å². The quantitative estimate of drug-likeness (QED) is 0.815. The SMILES string of the molecule is CCOCCN1CC(C(C)C)NCC1(C)c1ccccc1. The summed E-state index contributed by atoms with van der Waals surface area (Å²) in [5.41, 5.74) is 1.43. The maximum Gasteiger partial charge on any atom is 0.0593 e. The second kappa shape index (κ2) is 7.39. The first-order chi connectivity index (χ1) is 10.1. The maximum atomic E-state index is 5.60. The van der Waals surface area contributed by atoms with E-state index in [9.17, 15) is 0 Å². The van der Waals surface area contributed by atoms with Crippen LogP contribution in [-0.4, -0.2) is 43.8 Å². The van der Waals surface area contributed by atoms with Crippen molar-refractivity contribution in [1.29, 1.82) is 0 Å². The molecule has 2 unspecified atom stereocenters. The van der Waals surface area contributed by atoms with Gasteiger partial charge in [-0.3, -0.25) is 4.90 Å². The second-order valence-electron chi connectivity index (χ2n) is 6.51. The molecular weight excluding hydrogens is 260 g/mol. The molecule has 3 heteroatoms. The summed E-state index contributed by atoms with van der Waals surface area (Å²) in [6, 6.07) is 11.4. The molecule has 21 heavy (non-hydrogen) atoms. The number of hydrogen-bond donors (Lipinski definition) is 1. The summed E-state index contributed by atoms with van der Waals surface area (Å²) in [5.74, 6) is 0.653. The van der Waals surface area contributed by atoms with Crippen molar-refractivity contribution in [3.8, 4) is 0 Å². The molecule has 0 bridgehead atoms. The van der Waals surface area contributed by atoms with Gasteiger partial charge in [0.1, 0.15) is 0 Å². The molecule has 1 saturated heterocycles. The van der Waals surface area contributed by atoms with Gasteiger partial charge in [-0.15, -0.1) is 0 Å². The van der Waals surface area contributed by atoms with Gasteiger partial charge < -0.3 is 10.1 Å². The molecular formula is C18H30N2O. The predicted molar refractivity (Wildman–Crippen MR) is 88.5 cm³/mol. The minimum Gasteiger partial charge on any atom is -0.380 e. The zero-order chi connectivity index (χ0) is 15.3. The van der Waals surface area contributed by atoms with Crippen LogP contribution in [0.4, 0.5) is 0 Å². The summed E-state index contributed by atoms with van der Waals surface area (Å²) in [7, 11) is 0. The highest BCUT2D eigenvalue weighted by Crippen LogP contribution is 2.31. The molecule has 118 valence electrons. The summed E-state index contributed by atoms with van der Waals surface area (Å²) in [4.78, 5) is 2.60. The van der Waals surface area contributed by atoms with Crippen LogP contribution in [0.1, 0.15) is 33.3 Å². The Balaban J connectivity index is 2.17. The van der Waals surface area contributed by atoms with Gasteiger partial charge in [-0.05, 0) is 25.3 Å². The molecule has 1 aliphatic rings. The molecule has 2 atom stereocenters. The van der Waals surface area contributed by atoms with E-state index in [1.165, 1.54) is 5.56 Å². The van der Waals surface area contributed by atoms with Gasteiger partial charge in [0, 0.05) is 32.3 Å². The van der Waals surface area contributed by atoms with Crippen LogP contribution in [0.2, 0.25) is 0 Å². The molecule has 1 N–H and O–H groups in total. The lowest BCUT2D eigenvalue weighted by atomic mass is 9.85. The highest BCUT2D eigenvalue weighted by Gasteiger charge is 2.39. The fourth-order valence-corrected chi connectivity index (χ4v) is 3.13. The van der Waals surface area contributed by atoms with Crippen molar-refractivity contribution in [3.05, 3.63) is 35.9 Å². The van der Waals surface area contributed by atoms with Crippen LogP contribution in [0.3, 0.4) is 0 Å². The van der Waals surface area contributed by atoms with Gasteiger partial charge in [0.2, 0.25) is 0 Å². The van der Waals surface area contributed by atoms with Crippen molar-refractivity contribution < 1.29 is 4.74 Å². The molecule has 1 aromatic rings. The van der Waals surface area contributed by atoms with Crippen molar-refractivity contribution in [2.24, 2.45) is 5.92 Å². The van der Waals surface area contributed by atoms with Gasteiger partial charge in [0.25, 0.3) is 0 Å². The minimum atomic E-state index is 0.0454. The van der Waals surface area contributed by atoms with Crippen LogP contribution in [0.5, 0.6) is 0 Å². The molecule has 0 radical (unpaired) electrons. The van der Waals surface area contributed by atoms with Gasteiger partial charge in [0.05, 0.1) is 12.1 Å². The van der Waals surface area contributed by atoms with Crippen molar-refractivity contribution in [3.63, 3.8) is 0 Å². The maximum absolute atomic E-state index is 5.60. The molecule has 1 heterocycles. The van der Waals surface area contributed by atoms with Crippen LogP contribution in [0, 0.1) is 5.92 Å². The molecule has 0 aromatic heterocycles. The molecule has 0 aliphatic carbocycles. The summed E-state index contributed by atoms with van der Waals surface area (Å²) in [5, 5.41) is 3.75. The Kier molecular flexibility index (Phi) is 5.80. The third kappa shape index (κ3) is 3.85. The standard InChI is InChI=1S/C18H30N2O/c1-5-21-12-11-20-13-17(15(2)3)19-14-18(20,4)16-9-7-6-8-10-16/h6-10,15,17,19H,5,11-14H2,1-4H3. The number of ether oxygens (including phenoxy) is 1. The molecule has 1 aromatic carbocycles. The third-order valence-electron chi connectivity index (χ3n) is 4.73. The number of nitrogens with zero attached hydrogens (tertiary/aromatic N) is 1. The Morgan fingerprint density at radius 2 is 2.05 bits per heavy atom. The molecule has 0 spiro atoms. The number of hydrogen-bond acceptors (Lipinski definition) is 3. The van der Waals surface area contributed by atoms with E-state index in [0.29, 0.717) is 12.0 Å². The molecule has 1 fully saturated rings. The van der Waals surface area contributed by atoms with Crippen LogP contribution in [0.25, 0.3) is 0 Å². The van der Waals surface area contributed by atoms with Crippen LogP contribution < -0.4 is 5.32 Å². The van der Waals surface area contributed by atoms with Gasteiger partial charge in [0.15, 0.2) is 0 Å². The lowest BCUT2D eigenvalue weighted by Gasteiger charge is -2.49. The highest BCUT2D eigenvalue weighted by molar-refractivity contribution is 5.25. The molecule has 2 rings (SSSR count). The van der Waals surface area contributed by atoms with Gasteiger partial charge in [-0.25, -0.2) is 0 Å².